The zero-order chi connectivity index (χ0) is 20.2. The highest BCUT2D eigenvalue weighted by molar-refractivity contribution is 5.95. The molecular weight excluding hydrogens is 366 g/mol. The van der Waals surface area contributed by atoms with E-state index in [9.17, 15) is 4.79 Å². The van der Waals surface area contributed by atoms with Crippen molar-refractivity contribution in [2.75, 3.05) is 11.2 Å². The lowest BCUT2D eigenvalue weighted by Gasteiger charge is -2.13. The molecule has 4 rings (SSSR count). The Labute approximate surface area is 167 Å². The Hall–Kier alpha value is -4.13. The van der Waals surface area contributed by atoms with Gasteiger partial charge in [-0.3, -0.25) is 15.6 Å². The Morgan fingerprint density at radius 3 is 2.52 bits per heavy atom. The van der Waals surface area contributed by atoms with Gasteiger partial charge < -0.3 is 10.5 Å². The SMILES string of the molecule is Cc1ccc(C(=O)NNc2ncnc(Oc3ccc4ccccc4c3)c2N)cc1. The van der Waals surface area contributed by atoms with Crippen LogP contribution < -0.4 is 21.3 Å². The van der Waals surface area contributed by atoms with Crippen molar-refractivity contribution in [2.24, 2.45) is 0 Å². The van der Waals surface area contributed by atoms with Crippen molar-refractivity contribution in [1.82, 2.24) is 15.4 Å². The van der Waals surface area contributed by atoms with Crippen LogP contribution >= 0.6 is 0 Å². The number of hydrazine groups is 1. The summed E-state index contributed by atoms with van der Waals surface area (Å²) in [5.41, 5.74) is 13.2. The molecule has 0 spiro atoms. The predicted octanol–water partition coefficient (Wildman–Crippen LogP) is 4.07. The molecule has 0 aliphatic heterocycles. The normalized spacial score (nSPS) is 10.5. The first-order chi connectivity index (χ1) is 14.1. The zero-order valence-electron chi connectivity index (χ0n) is 15.7. The fourth-order valence-corrected chi connectivity index (χ4v) is 2.80. The second-order valence-corrected chi connectivity index (χ2v) is 6.50. The molecular formula is C22H19N5O2. The molecule has 1 heterocycles. The predicted molar refractivity (Wildman–Crippen MR) is 113 cm³/mol. The minimum Gasteiger partial charge on any atom is -0.437 e. The van der Waals surface area contributed by atoms with E-state index in [0.29, 0.717) is 11.3 Å². The highest BCUT2D eigenvalue weighted by Crippen LogP contribution is 2.30. The lowest BCUT2D eigenvalue weighted by Crippen LogP contribution is -2.30. The molecule has 0 atom stereocenters. The highest BCUT2D eigenvalue weighted by atomic mass is 16.5. The Kier molecular flexibility index (Phi) is 4.94. The second-order valence-electron chi connectivity index (χ2n) is 6.50. The highest BCUT2D eigenvalue weighted by Gasteiger charge is 2.12. The summed E-state index contributed by atoms with van der Waals surface area (Å²) in [7, 11) is 0. The van der Waals surface area contributed by atoms with E-state index in [-0.39, 0.29) is 23.3 Å². The van der Waals surface area contributed by atoms with E-state index in [0.717, 1.165) is 16.3 Å². The molecule has 0 aliphatic rings. The van der Waals surface area contributed by atoms with Crippen molar-refractivity contribution in [1.29, 1.82) is 0 Å². The molecule has 1 amide bonds. The number of benzene rings is 3. The first-order valence-corrected chi connectivity index (χ1v) is 9.00. The number of nitrogens with one attached hydrogen (secondary N) is 2. The molecule has 0 bridgehead atoms. The fraction of sp³-hybridized carbons (Fsp3) is 0.0455. The standard InChI is InChI=1S/C22H19N5O2/c1-14-6-8-16(9-7-14)21(28)27-26-20-19(23)22(25-13-24-20)29-18-11-10-15-4-2-3-5-17(15)12-18/h2-13H,23H2,1H3,(H,27,28)(H,24,25,26). The van der Waals surface area contributed by atoms with Crippen LogP contribution in [-0.4, -0.2) is 15.9 Å². The average Bonchev–Trinajstić information content (AvgIpc) is 2.74. The van der Waals surface area contributed by atoms with Gasteiger partial charge >= 0.3 is 0 Å². The molecule has 4 N–H and O–H groups in total. The van der Waals surface area contributed by atoms with Crippen LogP contribution in [-0.2, 0) is 0 Å². The molecule has 0 aliphatic carbocycles. The van der Waals surface area contributed by atoms with E-state index in [1.165, 1.54) is 6.33 Å². The van der Waals surface area contributed by atoms with Gasteiger partial charge in [-0.2, -0.15) is 4.98 Å². The van der Waals surface area contributed by atoms with Gasteiger partial charge in [0.25, 0.3) is 5.91 Å². The van der Waals surface area contributed by atoms with Gasteiger partial charge in [0.1, 0.15) is 17.8 Å². The van der Waals surface area contributed by atoms with E-state index in [1.807, 2.05) is 61.5 Å². The molecule has 7 nitrogen and oxygen atoms in total. The third kappa shape index (κ3) is 4.08. The van der Waals surface area contributed by atoms with Crippen LogP contribution in [0.1, 0.15) is 15.9 Å². The number of fused-ring (bicyclic) bond motifs is 1. The summed E-state index contributed by atoms with van der Waals surface area (Å²) in [6, 6.07) is 20.9. The lowest BCUT2D eigenvalue weighted by atomic mass is 10.1. The minimum atomic E-state index is -0.306. The number of rotatable bonds is 5. The number of anilines is 2. The fourth-order valence-electron chi connectivity index (χ4n) is 2.80. The maximum atomic E-state index is 12.3. The lowest BCUT2D eigenvalue weighted by molar-refractivity contribution is 0.0962. The van der Waals surface area contributed by atoms with E-state index >= 15 is 0 Å². The molecule has 0 radical (unpaired) electrons. The molecule has 0 unspecified atom stereocenters. The number of nitrogen functional groups attached to an aromatic ring is 1. The second kappa shape index (κ2) is 7.85. The smallest absolute Gasteiger partial charge is 0.269 e. The summed E-state index contributed by atoms with van der Waals surface area (Å²) in [6.45, 7) is 1.96. The molecule has 0 saturated carbocycles. The molecule has 3 aromatic carbocycles. The topological polar surface area (TPSA) is 102 Å². The summed E-state index contributed by atoms with van der Waals surface area (Å²) in [5, 5.41) is 2.15. The molecule has 29 heavy (non-hydrogen) atoms. The Balaban J connectivity index is 1.49. The van der Waals surface area contributed by atoms with Crippen LogP contribution in [0.3, 0.4) is 0 Å². The first kappa shape index (κ1) is 18.2. The summed E-state index contributed by atoms with van der Waals surface area (Å²) in [6.07, 6.45) is 1.31. The van der Waals surface area contributed by atoms with Crippen molar-refractivity contribution in [2.45, 2.75) is 6.92 Å². The third-order valence-electron chi connectivity index (χ3n) is 4.39. The number of nitrogens with two attached hydrogens (primary N) is 1. The van der Waals surface area contributed by atoms with Crippen LogP contribution in [0, 0.1) is 6.92 Å². The number of ether oxygens (including phenoxy) is 1. The van der Waals surface area contributed by atoms with Gasteiger partial charge in [-0.15, -0.1) is 0 Å². The zero-order valence-corrected chi connectivity index (χ0v) is 15.7. The summed E-state index contributed by atoms with van der Waals surface area (Å²) < 4.78 is 5.83. The maximum absolute atomic E-state index is 12.3. The van der Waals surface area contributed by atoms with E-state index < -0.39 is 0 Å². The van der Waals surface area contributed by atoms with Crippen LogP contribution in [0.5, 0.6) is 11.6 Å². The van der Waals surface area contributed by atoms with E-state index in [2.05, 4.69) is 20.8 Å². The van der Waals surface area contributed by atoms with Crippen LogP contribution in [0.2, 0.25) is 0 Å². The largest absolute Gasteiger partial charge is 0.437 e. The van der Waals surface area contributed by atoms with Crippen molar-refractivity contribution < 1.29 is 9.53 Å². The number of amides is 1. The molecule has 0 fully saturated rings. The van der Waals surface area contributed by atoms with Crippen LogP contribution in [0.4, 0.5) is 11.5 Å². The Morgan fingerprint density at radius 2 is 1.72 bits per heavy atom. The van der Waals surface area contributed by atoms with E-state index in [4.69, 9.17) is 10.5 Å². The van der Waals surface area contributed by atoms with Gasteiger partial charge in [0.2, 0.25) is 5.88 Å². The van der Waals surface area contributed by atoms with Gasteiger partial charge in [0.05, 0.1) is 0 Å². The molecule has 0 saturated heterocycles. The summed E-state index contributed by atoms with van der Waals surface area (Å²) >= 11 is 0. The molecule has 1 aromatic heterocycles. The summed E-state index contributed by atoms with van der Waals surface area (Å²) in [5.74, 6) is 0.738. The number of aryl methyl sites for hydroxylation is 1. The first-order valence-electron chi connectivity index (χ1n) is 9.00. The van der Waals surface area contributed by atoms with Crippen molar-refractivity contribution in [3.63, 3.8) is 0 Å². The van der Waals surface area contributed by atoms with Gasteiger partial charge in [0.15, 0.2) is 5.82 Å². The molecule has 144 valence electrons. The summed E-state index contributed by atoms with van der Waals surface area (Å²) in [4.78, 5) is 20.4. The number of hydrogen-bond acceptors (Lipinski definition) is 6. The maximum Gasteiger partial charge on any atom is 0.269 e. The Bertz CT molecular complexity index is 1180. The van der Waals surface area contributed by atoms with Crippen LogP contribution in [0.25, 0.3) is 10.8 Å². The number of carbonyl (C=O) groups is 1. The van der Waals surface area contributed by atoms with Gasteiger partial charge in [-0.05, 0) is 42.0 Å². The number of aromatic nitrogens is 2. The molecule has 7 heteroatoms. The van der Waals surface area contributed by atoms with Gasteiger partial charge in [-0.1, -0.05) is 48.0 Å². The average molecular weight is 385 g/mol. The number of nitrogens with zero attached hydrogens (tertiary/aromatic N) is 2. The quantitative estimate of drug-likeness (QED) is 0.448. The monoisotopic (exact) mass is 385 g/mol. The van der Waals surface area contributed by atoms with Crippen molar-refractivity contribution in [3.05, 3.63) is 84.2 Å². The number of carbonyl (C=O) groups excluding carboxylic acids is 1. The van der Waals surface area contributed by atoms with Gasteiger partial charge in [-0.25, -0.2) is 4.98 Å². The van der Waals surface area contributed by atoms with Crippen molar-refractivity contribution in [3.8, 4) is 11.6 Å². The van der Waals surface area contributed by atoms with Gasteiger partial charge in [0, 0.05) is 5.56 Å². The van der Waals surface area contributed by atoms with E-state index in [1.54, 1.807) is 12.1 Å². The van der Waals surface area contributed by atoms with Crippen molar-refractivity contribution >= 4 is 28.2 Å². The molecule has 4 aromatic rings. The number of hydrogen-bond donors (Lipinski definition) is 3. The van der Waals surface area contributed by atoms with Crippen LogP contribution in [0.15, 0.2) is 73.1 Å². The Morgan fingerprint density at radius 1 is 0.966 bits per heavy atom. The minimum absolute atomic E-state index is 0.185. The third-order valence-corrected chi connectivity index (χ3v) is 4.39.